The summed E-state index contributed by atoms with van der Waals surface area (Å²) >= 11 is 0. The Bertz CT molecular complexity index is 443. The highest BCUT2D eigenvalue weighted by Gasteiger charge is 2.33. The number of carbonyl (C=O) groups is 1. The van der Waals surface area contributed by atoms with Crippen LogP contribution in [0.4, 0.5) is 5.69 Å². The van der Waals surface area contributed by atoms with Crippen molar-refractivity contribution >= 4 is 11.6 Å². The van der Waals surface area contributed by atoms with Gasteiger partial charge in [-0.15, -0.1) is 0 Å². The molecule has 0 spiro atoms. The molecule has 104 valence electrons. The van der Waals surface area contributed by atoms with Crippen molar-refractivity contribution in [3.63, 3.8) is 0 Å². The number of nitrogens with zero attached hydrogens (tertiary/aromatic N) is 2. The lowest BCUT2D eigenvalue weighted by atomic mass is 10.3. The molecule has 0 saturated carbocycles. The Morgan fingerprint density at radius 2 is 2.16 bits per heavy atom. The zero-order valence-electron chi connectivity index (χ0n) is 10.9. The minimum Gasteiger partial charge on any atom is -0.388 e. The van der Waals surface area contributed by atoms with Gasteiger partial charge in [-0.1, -0.05) is 6.92 Å². The Morgan fingerprint density at radius 3 is 2.79 bits per heavy atom. The molecule has 1 aliphatic heterocycles. The van der Waals surface area contributed by atoms with Gasteiger partial charge in [-0.25, -0.2) is 0 Å². The molecule has 19 heavy (non-hydrogen) atoms. The van der Waals surface area contributed by atoms with Crippen LogP contribution in [0.5, 0.6) is 0 Å². The SMILES string of the molecule is CCCNc1ccnc(C(=O)N2CC(O)C(O)C2)c1. The van der Waals surface area contributed by atoms with E-state index in [0.29, 0.717) is 5.69 Å². The Hall–Kier alpha value is -1.66. The molecule has 0 aromatic carbocycles. The number of anilines is 1. The van der Waals surface area contributed by atoms with Gasteiger partial charge in [0.2, 0.25) is 0 Å². The quantitative estimate of drug-likeness (QED) is 0.718. The van der Waals surface area contributed by atoms with Gasteiger partial charge < -0.3 is 20.4 Å². The van der Waals surface area contributed by atoms with Crippen molar-refractivity contribution in [3.05, 3.63) is 24.0 Å². The molecule has 2 atom stereocenters. The van der Waals surface area contributed by atoms with E-state index in [1.54, 1.807) is 18.3 Å². The van der Waals surface area contributed by atoms with Crippen LogP contribution >= 0.6 is 0 Å². The van der Waals surface area contributed by atoms with Gasteiger partial charge in [-0.3, -0.25) is 9.78 Å². The highest BCUT2D eigenvalue weighted by atomic mass is 16.3. The average molecular weight is 265 g/mol. The van der Waals surface area contributed by atoms with Crippen molar-refractivity contribution in [2.24, 2.45) is 0 Å². The van der Waals surface area contributed by atoms with Gasteiger partial charge in [0.15, 0.2) is 0 Å². The van der Waals surface area contributed by atoms with Crippen LogP contribution < -0.4 is 5.32 Å². The van der Waals surface area contributed by atoms with E-state index >= 15 is 0 Å². The van der Waals surface area contributed by atoms with Crippen LogP contribution in [0.2, 0.25) is 0 Å². The van der Waals surface area contributed by atoms with Gasteiger partial charge in [-0.2, -0.15) is 0 Å². The van der Waals surface area contributed by atoms with E-state index in [1.165, 1.54) is 4.90 Å². The van der Waals surface area contributed by atoms with E-state index in [2.05, 4.69) is 17.2 Å². The van der Waals surface area contributed by atoms with Gasteiger partial charge in [-0.05, 0) is 18.6 Å². The maximum Gasteiger partial charge on any atom is 0.272 e. The number of β-amino-alcohol motifs (C(OH)–C–C–N with tert-alkyl or cyclic N) is 2. The van der Waals surface area contributed by atoms with Crippen LogP contribution in [0.3, 0.4) is 0 Å². The van der Waals surface area contributed by atoms with Crippen LogP contribution in [-0.2, 0) is 0 Å². The molecule has 1 amide bonds. The van der Waals surface area contributed by atoms with Gasteiger partial charge in [0.25, 0.3) is 5.91 Å². The molecule has 1 fully saturated rings. The predicted molar refractivity (Wildman–Crippen MR) is 70.9 cm³/mol. The lowest BCUT2D eigenvalue weighted by Gasteiger charge is -2.15. The fourth-order valence-corrected chi connectivity index (χ4v) is 2.02. The van der Waals surface area contributed by atoms with Crippen LogP contribution in [0.25, 0.3) is 0 Å². The summed E-state index contributed by atoms with van der Waals surface area (Å²) in [6.07, 6.45) is 0.834. The third-order valence-electron chi connectivity index (χ3n) is 3.10. The number of aliphatic hydroxyl groups is 2. The number of likely N-dealkylation sites (tertiary alicyclic amines) is 1. The summed E-state index contributed by atoms with van der Waals surface area (Å²) in [5.74, 6) is -0.268. The molecule has 2 unspecified atom stereocenters. The Balaban J connectivity index is 2.07. The van der Waals surface area contributed by atoms with E-state index in [1.807, 2.05) is 0 Å². The molecule has 0 radical (unpaired) electrons. The lowest BCUT2D eigenvalue weighted by Crippen LogP contribution is -2.30. The molecular weight excluding hydrogens is 246 g/mol. The summed E-state index contributed by atoms with van der Waals surface area (Å²) < 4.78 is 0. The number of hydrogen-bond acceptors (Lipinski definition) is 5. The third kappa shape index (κ3) is 3.21. The highest BCUT2D eigenvalue weighted by molar-refractivity contribution is 5.93. The smallest absolute Gasteiger partial charge is 0.272 e. The Kier molecular flexibility index (Phi) is 4.34. The number of carbonyl (C=O) groups excluding carboxylic acids is 1. The summed E-state index contributed by atoms with van der Waals surface area (Å²) in [5, 5.41) is 22.1. The first-order chi connectivity index (χ1) is 9.11. The molecule has 0 aliphatic carbocycles. The summed E-state index contributed by atoms with van der Waals surface area (Å²) in [7, 11) is 0. The minimum atomic E-state index is -0.870. The number of nitrogens with one attached hydrogen (secondary N) is 1. The number of aliphatic hydroxyl groups excluding tert-OH is 2. The fraction of sp³-hybridized carbons (Fsp3) is 0.538. The molecule has 1 saturated heterocycles. The van der Waals surface area contributed by atoms with Crippen molar-refractivity contribution in [1.82, 2.24) is 9.88 Å². The van der Waals surface area contributed by atoms with Crippen molar-refractivity contribution in [2.45, 2.75) is 25.6 Å². The second-order valence-corrected chi connectivity index (χ2v) is 4.70. The fourth-order valence-electron chi connectivity index (χ4n) is 2.02. The molecule has 0 bridgehead atoms. The van der Waals surface area contributed by atoms with Crippen LogP contribution in [0.15, 0.2) is 18.3 Å². The summed E-state index contributed by atoms with van der Waals surface area (Å²) in [5.41, 5.74) is 1.17. The second kappa shape index (κ2) is 5.99. The Labute approximate surface area is 112 Å². The van der Waals surface area contributed by atoms with E-state index in [-0.39, 0.29) is 19.0 Å². The van der Waals surface area contributed by atoms with Crippen LogP contribution in [0.1, 0.15) is 23.8 Å². The maximum absolute atomic E-state index is 12.2. The predicted octanol–water partition coefficient (Wildman–Crippen LogP) is 0.0811. The molecule has 6 nitrogen and oxygen atoms in total. The normalized spacial score (nSPS) is 22.6. The van der Waals surface area contributed by atoms with E-state index in [9.17, 15) is 15.0 Å². The maximum atomic E-state index is 12.2. The number of aromatic nitrogens is 1. The van der Waals surface area contributed by atoms with Crippen molar-refractivity contribution in [3.8, 4) is 0 Å². The van der Waals surface area contributed by atoms with Gasteiger partial charge in [0.1, 0.15) is 5.69 Å². The molecule has 1 aromatic rings. The molecule has 6 heteroatoms. The number of rotatable bonds is 4. The van der Waals surface area contributed by atoms with Crippen LogP contribution in [0, 0.1) is 0 Å². The molecule has 1 aliphatic rings. The van der Waals surface area contributed by atoms with Crippen LogP contribution in [-0.4, -0.2) is 57.8 Å². The second-order valence-electron chi connectivity index (χ2n) is 4.70. The monoisotopic (exact) mass is 265 g/mol. The van der Waals surface area contributed by atoms with Crippen molar-refractivity contribution in [2.75, 3.05) is 25.0 Å². The number of amides is 1. The number of pyridine rings is 1. The Morgan fingerprint density at radius 1 is 1.47 bits per heavy atom. The van der Waals surface area contributed by atoms with E-state index in [4.69, 9.17) is 0 Å². The van der Waals surface area contributed by atoms with Gasteiger partial charge in [0, 0.05) is 31.5 Å². The largest absolute Gasteiger partial charge is 0.388 e. The lowest BCUT2D eigenvalue weighted by molar-refractivity contribution is 0.0572. The zero-order valence-corrected chi connectivity index (χ0v) is 10.9. The van der Waals surface area contributed by atoms with E-state index < -0.39 is 12.2 Å². The molecule has 2 heterocycles. The summed E-state index contributed by atoms with van der Waals surface area (Å²) in [6, 6.07) is 3.50. The van der Waals surface area contributed by atoms with Gasteiger partial charge >= 0.3 is 0 Å². The molecule has 3 N–H and O–H groups in total. The zero-order chi connectivity index (χ0) is 13.8. The first kappa shape index (κ1) is 13.8. The van der Waals surface area contributed by atoms with Crippen molar-refractivity contribution in [1.29, 1.82) is 0 Å². The molecule has 1 aromatic heterocycles. The molecular formula is C13H19N3O3. The molecule has 2 rings (SSSR count). The third-order valence-corrected chi connectivity index (χ3v) is 3.10. The summed E-state index contributed by atoms with van der Waals surface area (Å²) in [4.78, 5) is 17.6. The van der Waals surface area contributed by atoms with Gasteiger partial charge in [0.05, 0.1) is 12.2 Å². The average Bonchev–Trinajstić information content (AvgIpc) is 2.76. The number of hydrogen-bond donors (Lipinski definition) is 3. The standard InChI is InChI=1S/C13H19N3O3/c1-2-4-14-9-3-5-15-10(6-9)13(19)16-7-11(17)12(18)8-16/h3,5-6,11-12,17-18H,2,4,7-8H2,1H3,(H,14,15). The first-order valence-electron chi connectivity index (χ1n) is 6.47. The first-order valence-corrected chi connectivity index (χ1v) is 6.47. The topological polar surface area (TPSA) is 85.7 Å². The highest BCUT2D eigenvalue weighted by Crippen LogP contribution is 2.15. The van der Waals surface area contributed by atoms with Crippen molar-refractivity contribution < 1.29 is 15.0 Å². The summed E-state index contributed by atoms with van der Waals surface area (Å²) in [6.45, 7) is 3.19. The van der Waals surface area contributed by atoms with E-state index in [0.717, 1.165) is 18.7 Å². The minimum absolute atomic E-state index is 0.147.